The van der Waals surface area contributed by atoms with Gasteiger partial charge in [0, 0.05) is 6.54 Å². The van der Waals surface area contributed by atoms with E-state index in [0.717, 1.165) is 12.8 Å². The van der Waals surface area contributed by atoms with Gasteiger partial charge in [-0.05, 0) is 32.4 Å². The normalized spacial score (nSPS) is 12.3. The number of aromatic nitrogens is 4. The molecule has 0 unspecified atom stereocenters. The maximum atomic E-state index is 12.6. The van der Waals surface area contributed by atoms with Gasteiger partial charge in [0.1, 0.15) is 10.7 Å². The molecule has 0 aliphatic carbocycles. The number of nitrogens with one attached hydrogen (secondary N) is 1. The molecule has 2 aromatic heterocycles. The Morgan fingerprint density at radius 2 is 2.11 bits per heavy atom. The highest BCUT2D eigenvalue weighted by molar-refractivity contribution is 6.32. The molecule has 0 radical (unpaired) electrons. The second-order valence-electron chi connectivity index (χ2n) is 6.34. The van der Waals surface area contributed by atoms with E-state index in [2.05, 4.69) is 22.0 Å². The number of H-pyrrole nitrogens is 1. The van der Waals surface area contributed by atoms with Crippen LogP contribution in [0.5, 0.6) is 0 Å². The zero-order valence-corrected chi connectivity index (χ0v) is 16.2. The number of esters is 1. The van der Waals surface area contributed by atoms with Crippen LogP contribution in [-0.2, 0) is 11.3 Å². The largest absolute Gasteiger partial charge is 0.451 e. The number of carbonyl (C=O) groups is 1. The number of aryl methyl sites for hydroxylation is 2. The SMILES string of the molecule is CCCCn1nc(C)c(C(=O)O[C@H](C)c2nc3ccccc3c(=O)[nH]2)c1Cl. The summed E-state index contributed by atoms with van der Waals surface area (Å²) in [5.74, 6) is -0.317. The minimum atomic E-state index is -0.746. The van der Waals surface area contributed by atoms with E-state index in [1.54, 1.807) is 42.8 Å². The van der Waals surface area contributed by atoms with Crippen molar-refractivity contribution in [3.05, 3.63) is 56.9 Å². The van der Waals surface area contributed by atoms with Crippen LogP contribution in [0, 0.1) is 6.92 Å². The number of para-hydroxylation sites is 1. The average molecular weight is 389 g/mol. The minimum absolute atomic E-state index is 0.239. The van der Waals surface area contributed by atoms with E-state index in [0.29, 0.717) is 23.1 Å². The van der Waals surface area contributed by atoms with Crippen molar-refractivity contribution in [2.24, 2.45) is 0 Å². The number of carbonyl (C=O) groups excluding carboxylic acids is 1. The summed E-state index contributed by atoms with van der Waals surface area (Å²) in [6.45, 7) is 6.07. The monoisotopic (exact) mass is 388 g/mol. The molecule has 2 heterocycles. The number of benzene rings is 1. The zero-order chi connectivity index (χ0) is 19.6. The molecule has 8 heteroatoms. The number of hydrogen-bond donors (Lipinski definition) is 1. The van der Waals surface area contributed by atoms with Gasteiger partial charge in [-0.2, -0.15) is 5.10 Å². The van der Waals surface area contributed by atoms with Crippen LogP contribution in [0.4, 0.5) is 0 Å². The Hall–Kier alpha value is -2.67. The number of ether oxygens (including phenoxy) is 1. The number of aromatic amines is 1. The number of hydrogen-bond acceptors (Lipinski definition) is 5. The van der Waals surface area contributed by atoms with Crippen LogP contribution >= 0.6 is 11.6 Å². The van der Waals surface area contributed by atoms with E-state index in [9.17, 15) is 9.59 Å². The molecule has 1 aromatic carbocycles. The van der Waals surface area contributed by atoms with Gasteiger partial charge in [0.2, 0.25) is 0 Å². The van der Waals surface area contributed by atoms with Crippen LogP contribution in [0.15, 0.2) is 29.1 Å². The van der Waals surface area contributed by atoms with Gasteiger partial charge in [-0.1, -0.05) is 37.1 Å². The van der Waals surface area contributed by atoms with Crippen molar-refractivity contribution in [1.82, 2.24) is 19.7 Å². The van der Waals surface area contributed by atoms with E-state index in [-0.39, 0.29) is 22.1 Å². The topological polar surface area (TPSA) is 89.9 Å². The summed E-state index contributed by atoms with van der Waals surface area (Å²) in [4.78, 5) is 31.9. The van der Waals surface area contributed by atoms with Crippen LogP contribution in [0.1, 0.15) is 54.7 Å². The molecule has 142 valence electrons. The van der Waals surface area contributed by atoms with Crippen molar-refractivity contribution in [3.8, 4) is 0 Å². The molecular formula is C19H21ClN4O3. The predicted molar refractivity (Wildman–Crippen MR) is 103 cm³/mol. The summed E-state index contributed by atoms with van der Waals surface area (Å²) in [7, 11) is 0. The maximum Gasteiger partial charge on any atom is 0.343 e. The Morgan fingerprint density at radius 1 is 1.37 bits per heavy atom. The van der Waals surface area contributed by atoms with Crippen LogP contribution in [0.2, 0.25) is 5.15 Å². The first-order chi connectivity index (χ1) is 12.9. The van der Waals surface area contributed by atoms with E-state index in [1.807, 2.05) is 0 Å². The molecule has 0 aliphatic heterocycles. The van der Waals surface area contributed by atoms with Gasteiger partial charge in [-0.3, -0.25) is 9.48 Å². The Bertz CT molecular complexity index is 1040. The Morgan fingerprint density at radius 3 is 2.85 bits per heavy atom. The second kappa shape index (κ2) is 7.92. The molecule has 1 atom stereocenters. The van der Waals surface area contributed by atoms with Crippen LogP contribution < -0.4 is 5.56 Å². The highest BCUT2D eigenvalue weighted by atomic mass is 35.5. The molecule has 0 amide bonds. The molecule has 0 spiro atoms. The third-order valence-corrected chi connectivity index (χ3v) is 4.68. The van der Waals surface area contributed by atoms with E-state index in [4.69, 9.17) is 16.3 Å². The van der Waals surface area contributed by atoms with Gasteiger partial charge in [-0.15, -0.1) is 0 Å². The highest BCUT2D eigenvalue weighted by Crippen LogP contribution is 2.24. The van der Waals surface area contributed by atoms with E-state index < -0.39 is 12.1 Å². The Balaban J connectivity index is 1.84. The number of fused-ring (bicyclic) bond motifs is 1. The molecule has 3 rings (SSSR count). The summed E-state index contributed by atoms with van der Waals surface area (Å²) in [6, 6.07) is 6.99. The summed E-state index contributed by atoms with van der Waals surface area (Å²) >= 11 is 6.32. The molecule has 1 N–H and O–H groups in total. The van der Waals surface area contributed by atoms with Crippen LogP contribution in [0.25, 0.3) is 10.9 Å². The fourth-order valence-corrected chi connectivity index (χ4v) is 3.15. The van der Waals surface area contributed by atoms with Gasteiger partial charge in [0.25, 0.3) is 5.56 Å². The third-order valence-electron chi connectivity index (χ3n) is 4.29. The zero-order valence-electron chi connectivity index (χ0n) is 15.5. The molecule has 27 heavy (non-hydrogen) atoms. The highest BCUT2D eigenvalue weighted by Gasteiger charge is 2.24. The lowest BCUT2D eigenvalue weighted by atomic mass is 10.2. The quantitative estimate of drug-likeness (QED) is 0.648. The Labute approximate surface area is 161 Å². The lowest BCUT2D eigenvalue weighted by Gasteiger charge is -2.13. The minimum Gasteiger partial charge on any atom is -0.451 e. The van der Waals surface area contributed by atoms with E-state index in [1.165, 1.54) is 0 Å². The average Bonchev–Trinajstić information content (AvgIpc) is 2.93. The molecule has 0 saturated carbocycles. The molecule has 7 nitrogen and oxygen atoms in total. The van der Waals surface area contributed by atoms with Crippen molar-refractivity contribution in [2.45, 2.75) is 46.3 Å². The first-order valence-electron chi connectivity index (χ1n) is 8.85. The molecule has 0 bridgehead atoms. The van der Waals surface area contributed by atoms with Crippen molar-refractivity contribution in [3.63, 3.8) is 0 Å². The number of rotatable bonds is 6. The van der Waals surface area contributed by atoms with Crippen molar-refractivity contribution in [1.29, 1.82) is 0 Å². The maximum absolute atomic E-state index is 12.6. The van der Waals surface area contributed by atoms with Gasteiger partial charge in [-0.25, -0.2) is 9.78 Å². The van der Waals surface area contributed by atoms with Crippen LogP contribution in [-0.4, -0.2) is 25.7 Å². The number of unbranched alkanes of at least 4 members (excludes halogenated alkanes) is 1. The van der Waals surface area contributed by atoms with E-state index >= 15 is 0 Å². The second-order valence-corrected chi connectivity index (χ2v) is 6.70. The van der Waals surface area contributed by atoms with Gasteiger partial charge >= 0.3 is 5.97 Å². The molecule has 0 aliphatic rings. The lowest BCUT2D eigenvalue weighted by Crippen LogP contribution is -2.17. The fraction of sp³-hybridized carbons (Fsp3) is 0.368. The first-order valence-corrected chi connectivity index (χ1v) is 9.23. The predicted octanol–water partition coefficient (Wildman–Crippen LogP) is 3.80. The summed E-state index contributed by atoms with van der Waals surface area (Å²) in [6.07, 6.45) is 1.16. The van der Waals surface area contributed by atoms with Gasteiger partial charge < -0.3 is 9.72 Å². The van der Waals surface area contributed by atoms with Crippen LogP contribution in [0.3, 0.4) is 0 Å². The standard InChI is InChI=1S/C19H21ClN4O3/c1-4-5-10-24-16(20)15(11(2)23-24)19(26)27-12(3)17-21-14-9-7-6-8-13(14)18(25)22-17/h6-9,12H,4-5,10H2,1-3H3,(H,21,22,25)/t12-/m1/s1. The van der Waals surface area contributed by atoms with Gasteiger partial charge in [0.05, 0.1) is 16.6 Å². The van der Waals surface area contributed by atoms with Crippen molar-refractivity contribution >= 4 is 28.5 Å². The van der Waals surface area contributed by atoms with Gasteiger partial charge in [0.15, 0.2) is 11.9 Å². The first kappa shape index (κ1) is 19.1. The van der Waals surface area contributed by atoms with Crippen molar-refractivity contribution in [2.75, 3.05) is 0 Å². The molecule has 0 fully saturated rings. The molecule has 3 aromatic rings. The third kappa shape index (κ3) is 3.88. The van der Waals surface area contributed by atoms with Crippen molar-refractivity contribution < 1.29 is 9.53 Å². The molecular weight excluding hydrogens is 368 g/mol. The number of halogens is 1. The summed E-state index contributed by atoms with van der Waals surface area (Å²) < 4.78 is 7.11. The smallest absolute Gasteiger partial charge is 0.343 e. The number of nitrogens with zero attached hydrogens (tertiary/aromatic N) is 3. The fourth-order valence-electron chi connectivity index (χ4n) is 2.81. The lowest BCUT2D eigenvalue weighted by molar-refractivity contribution is 0.0319. The molecule has 0 saturated heterocycles. The summed E-state index contributed by atoms with van der Waals surface area (Å²) in [5, 5.41) is 5.06. The Kier molecular flexibility index (Phi) is 5.60. The summed E-state index contributed by atoms with van der Waals surface area (Å²) in [5.41, 5.74) is 1.01.